The molecule has 2 atom stereocenters. The minimum Gasteiger partial charge on any atom is -0.326 e. The second-order valence-corrected chi connectivity index (χ2v) is 7.46. The van der Waals surface area contributed by atoms with Crippen molar-refractivity contribution < 1.29 is 4.79 Å². The van der Waals surface area contributed by atoms with Crippen molar-refractivity contribution in [1.29, 1.82) is 0 Å². The largest absolute Gasteiger partial charge is 0.326 e. The predicted octanol–water partition coefficient (Wildman–Crippen LogP) is 3.39. The van der Waals surface area contributed by atoms with Crippen LogP contribution in [0.1, 0.15) is 51.0 Å². The van der Waals surface area contributed by atoms with Gasteiger partial charge in [-0.15, -0.1) is 0 Å². The normalized spacial score (nSPS) is 24.9. The zero-order valence-corrected chi connectivity index (χ0v) is 14.9. The van der Waals surface area contributed by atoms with E-state index >= 15 is 0 Å². The van der Waals surface area contributed by atoms with Crippen molar-refractivity contribution in [2.75, 3.05) is 25.0 Å². The maximum atomic E-state index is 12.1. The SMILES string of the molecule is CC1CCCCN1Cc1ccc(NC(=O)CCC2CCNC2)cc1. The minimum absolute atomic E-state index is 0.138. The van der Waals surface area contributed by atoms with Crippen molar-refractivity contribution >= 4 is 11.6 Å². The van der Waals surface area contributed by atoms with Gasteiger partial charge in [-0.1, -0.05) is 18.6 Å². The topological polar surface area (TPSA) is 44.4 Å². The Morgan fingerprint density at radius 2 is 2.08 bits per heavy atom. The number of likely N-dealkylation sites (tertiary alicyclic amines) is 1. The van der Waals surface area contributed by atoms with Crippen LogP contribution in [0.3, 0.4) is 0 Å². The number of anilines is 1. The van der Waals surface area contributed by atoms with Crippen molar-refractivity contribution in [3.8, 4) is 0 Å². The van der Waals surface area contributed by atoms with E-state index in [0.717, 1.165) is 31.7 Å². The molecule has 4 heteroatoms. The molecule has 4 nitrogen and oxygen atoms in total. The van der Waals surface area contributed by atoms with Gasteiger partial charge in [-0.2, -0.15) is 0 Å². The second kappa shape index (κ2) is 8.63. The summed E-state index contributed by atoms with van der Waals surface area (Å²) in [5, 5.41) is 6.39. The Hall–Kier alpha value is -1.39. The van der Waals surface area contributed by atoms with Gasteiger partial charge in [-0.25, -0.2) is 0 Å². The molecular weight excluding hydrogens is 298 g/mol. The van der Waals surface area contributed by atoms with Crippen LogP contribution < -0.4 is 10.6 Å². The van der Waals surface area contributed by atoms with Gasteiger partial charge < -0.3 is 10.6 Å². The van der Waals surface area contributed by atoms with Gasteiger partial charge in [-0.05, 0) is 75.9 Å². The Morgan fingerprint density at radius 3 is 2.79 bits per heavy atom. The Balaban J connectivity index is 1.44. The predicted molar refractivity (Wildman–Crippen MR) is 99.0 cm³/mol. The number of carbonyl (C=O) groups excluding carboxylic acids is 1. The average molecular weight is 329 g/mol. The lowest BCUT2D eigenvalue weighted by Crippen LogP contribution is -2.36. The van der Waals surface area contributed by atoms with Gasteiger partial charge in [0.05, 0.1) is 0 Å². The number of hydrogen-bond acceptors (Lipinski definition) is 3. The third-order valence-corrected chi connectivity index (χ3v) is 5.51. The van der Waals surface area contributed by atoms with E-state index in [4.69, 9.17) is 0 Å². The lowest BCUT2D eigenvalue weighted by Gasteiger charge is -2.33. The van der Waals surface area contributed by atoms with E-state index in [9.17, 15) is 4.79 Å². The number of amides is 1. The maximum Gasteiger partial charge on any atom is 0.224 e. The first kappa shape index (κ1) is 17.4. The molecule has 2 aliphatic rings. The van der Waals surface area contributed by atoms with Crippen molar-refractivity contribution in [3.63, 3.8) is 0 Å². The van der Waals surface area contributed by atoms with Crippen molar-refractivity contribution in [2.24, 2.45) is 5.92 Å². The first-order chi connectivity index (χ1) is 11.7. The van der Waals surface area contributed by atoms with Gasteiger partial charge in [0, 0.05) is 24.7 Å². The van der Waals surface area contributed by atoms with Crippen LogP contribution in [0, 0.1) is 5.92 Å². The number of nitrogens with zero attached hydrogens (tertiary/aromatic N) is 1. The third-order valence-electron chi connectivity index (χ3n) is 5.51. The molecule has 1 aromatic rings. The molecule has 0 bridgehead atoms. The highest BCUT2D eigenvalue weighted by Gasteiger charge is 2.18. The monoisotopic (exact) mass is 329 g/mol. The zero-order chi connectivity index (χ0) is 16.8. The van der Waals surface area contributed by atoms with Crippen LogP contribution in [-0.4, -0.2) is 36.5 Å². The van der Waals surface area contributed by atoms with Gasteiger partial charge in [0.15, 0.2) is 0 Å². The molecule has 3 rings (SSSR count). The summed E-state index contributed by atoms with van der Waals surface area (Å²) in [4.78, 5) is 14.6. The Bertz CT molecular complexity index is 522. The van der Waals surface area contributed by atoms with Gasteiger partial charge >= 0.3 is 0 Å². The molecule has 2 N–H and O–H groups in total. The molecule has 1 amide bonds. The molecular formula is C20H31N3O. The fourth-order valence-corrected chi connectivity index (χ4v) is 3.84. The molecule has 0 spiro atoms. The first-order valence-corrected chi connectivity index (χ1v) is 9.54. The molecule has 2 saturated heterocycles. The van der Waals surface area contributed by atoms with Crippen molar-refractivity contribution in [2.45, 2.75) is 58.0 Å². The van der Waals surface area contributed by atoms with Crippen LogP contribution in [0.25, 0.3) is 0 Å². The van der Waals surface area contributed by atoms with Crippen molar-refractivity contribution in [3.05, 3.63) is 29.8 Å². The number of carbonyl (C=O) groups is 1. The summed E-state index contributed by atoms with van der Waals surface area (Å²) in [6, 6.07) is 9.07. The standard InChI is InChI=1S/C20H31N3O/c1-16-4-2-3-13-23(16)15-18-5-8-19(9-6-18)22-20(24)10-7-17-11-12-21-14-17/h5-6,8-9,16-17,21H,2-4,7,10-15H2,1H3,(H,22,24). The van der Waals surface area contributed by atoms with Crippen LogP contribution in [-0.2, 0) is 11.3 Å². The number of rotatable bonds is 6. The zero-order valence-electron chi connectivity index (χ0n) is 14.9. The van der Waals surface area contributed by atoms with Gasteiger partial charge in [-0.3, -0.25) is 9.69 Å². The molecule has 2 heterocycles. The molecule has 0 aliphatic carbocycles. The fraction of sp³-hybridized carbons (Fsp3) is 0.650. The summed E-state index contributed by atoms with van der Waals surface area (Å²) in [5.74, 6) is 0.809. The quantitative estimate of drug-likeness (QED) is 0.841. The van der Waals surface area contributed by atoms with Gasteiger partial charge in [0.25, 0.3) is 0 Å². The minimum atomic E-state index is 0.138. The summed E-state index contributed by atoms with van der Waals surface area (Å²) in [6.45, 7) is 6.72. The summed E-state index contributed by atoms with van der Waals surface area (Å²) < 4.78 is 0. The smallest absolute Gasteiger partial charge is 0.224 e. The lowest BCUT2D eigenvalue weighted by atomic mass is 10.0. The summed E-state index contributed by atoms with van der Waals surface area (Å²) >= 11 is 0. The van der Waals surface area contributed by atoms with E-state index in [1.165, 1.54) is 37.8 Å². The number of hydrogen-bond donors (Lipinski definition) is 2. The highest BCUT2D eigenvalue weighted by molar-refractivity contribution is 5.90. The van der Waals surface area contributed by atoms with E-state index in [1.807, 2.05) is 12.1 Å². The maximum absolute atomic E-state index is 12.1. The Morgan fingerprint density at radius 1 is 1.25 bits per heavy atom. The second-order valence-electron chi connectivity index (χ2n) is 7.46. The van der Waals surface area contributed by atoms with Gasteiger partial charge in [0.1, 0.15) is 0 Å². The molecule has 1 aromatic carbocycles. The van der Waals surface area contributed by atoms with Crippen LogP contribution in [0.5, 0.6) is 0 Å². The number of nitrogens with one attached hydrogen (secondary N) is 2. The van der Waals surface area contributed by atoms with E-state index in [-0.39, 0.29) is 5.91 Å². The van der Waals surface area contributed by atoms with E-state index in [0.29, 0.717) is 18.4 Å². The molecule has 2 unspecified atom stereocenters. The molecule has 0 saturated carbocycles. The van der Waals surface area contributed by atoms with Crippen LogP contribution in [0.15, 0.2) is 24.3 Å². The highest BCUT2D eigenvalue weighted by atomic mass is 16.1. The van der Waals surface area contributed by atoms with E-state index in [2.05, 4.69) is 34.6 Å². The summed E-state index contributed by atoms with van der Waals surface area (Å²) in [5.41, 5.74) is 2.25. The van der Waals surface area contributed by atoms with E-state index < -0.39 is 0 Å². The van der Waals surface area contributed by atoms with Gasteiger partial charge in [0.2, 0.25) is 5.91 Å². The Kier molecular flexibility index (Phi) is 6.27. The molecule has 0 aromatic heterocycles. The molecule has 0 radical (unpaired) electrons. The highest BCUT2D eigenvalue weighted by Crippen LogP contribution is 2.20. The lowest BCUT2D eigenvalue weighted by molar-refractivity contribution is -0.116. The molecule has 132 valence electrons. The number of benzene rings is 1. The van der Waals surface area contributed by atoms with Crippen molar-refractivity contribution in [1.82, 2.24) is 10.2 Å². The molecule has 2 aliphatic heterocycles. The molecule has 2 fully saturated rings. The summed E-state index contributed by atoms with van der Waals surface area (Å²) in [7, 11) is 0. The first-order valence-electron chi connectivity index (χ1n) is 9.54. The van der Waals surface area contributed by atoms with Crippen LogP contribution in [0.2, 0.25) is 0 Å². The van der Waals surface area contributed by atoms with E-state index in [1.54, 1.807) is 0 Å². The third kappa shape index (κ3) is 5.05. The number of piperidine rings is 1. The summed E-state index contributed by atoms with van der Waals surface area (Å²) in [6.07, 6.45) is 6.80. The molecule has 24 heavy (non-hydrogen) atoms. The average Bonchev–Trinajstić information content (AvgIpc) is 3.10. The van der Waals surface area contributed by atoms with Crippen LogP contribution >= 0.6 is 0 Å². The Labute approximate surface area is 146 Å². The fourth-order valence-electron chi connectivity index (χ4n) is 3.84. The van der Waals surface area contributed by atoms with Crippen LogP contribution in [0.4, 0.5) is 5.69 Å².